The molecule has 0 aliphatic carbocycles. The predicted octanol–water partition coefficient (Wildman–Crippen LogP) is 2.24. The van der Waals surface area contributed by atoms with Crippen LogP contribution in [0.3, 0.4) is 0 Å². The van der Waals surface area contributed by atoms with Gasteiger partial charge in [-0.2, -0.15) is 0 Å². The fourth-order valence-electron chi connectivity index (χ4n) is 2.05. The molecule has 1 N–H and O–H groups in total. The molecule has 0 saturated carbocycles. The Bertz CT molecular complexity index is 516. The van der Waals surface area contributed by atoms with Crippen LogP contribution in [0.1, 0.15) is 12.8 Å². The van der Waals surface area contributed by atoms with E-state index in [-0.39, 0.29) is 18.4 Å². The van der Waals surface area contributed by atoms with E-state index in [9.17, 15) is 8.42 Å². The summed E-state index contributed by atoms with van der Waals surface area (Å²) < 4.78 is 27.9. The highest BCUT2D eigenvalue weighted by Crippen LogP contribution is 2.18. The van der Waals surface area contributed by atoms with Crippen molar-refractivity contribution in [3.8, 4) is 0 Å². The first-order valence-electron chi connectivity index (χ1n) is 5.94. The van der Waals surface area contributed by atoms with Gasteiger partial charge in [-0.3, -0.25) is 0 Å². The molecule has 0 amide bonds. The normalized spacial score (nSPS) is 18.0. The van der Waals surface area contributed by atoms with Gasteiger partial charge in [0.05, 0.1) is 4.90 Å². The van der Waals surface area contributed by atoms with E-state index in [0.29, 0.717) is 4.90 Å². The predicted molar refractivity (Wildman–Crippen MR) is 82.2 cm³/mol. The molecule has 19 heavy (non-hydrogen) atoms. The van der Waals surface area contributed by atoms with Crippen LogP contribution in [0.25, 0.3) is 0 Å². The number of rotatable bonds is 3. The summed E-state index contributed by atoms with van der Waals surface area (Å²) in [7, 11) is -1.34. The van der Waals surface area contributed by atoms with Crippen LogP contribution in [0.2, 0.25) is 0 Å². The summed E-state index contributed by atoms with van der Waals surface area (Å²) in [6, 6.07) is 6.83. The van der Waals surface area contributed by atoms with Crippen LogP contribution in [0.5, 0.6) is 0 Å². The second-order valence-electron chi connectivity index (χ2n) is 4.66. The van der Waals surface area contributed by atoms with E-state index in [1.165, 1.54) is 0 Å². The lowest BCUT2D eigenvalue weighted by atomic mass is 10.1. The fraction of sp³-hybridized carbons (Fsp3) is 0.500. The maximum atomic E-state index is 12.2. The minimum atomic E-state index is -3.40. The van der Waals surface area contributed by atoms with Crippen LogP contribution < -0.4 is 4.72 Å². The summed E-state index contributed by atoms with van der Waals surface area (Å²) in [4.78, 5) is 2.53. The molecular weight excluding hydrogens is 352 g/mol. The third kappa shape index (κ3) is 4.72. The lowest BCUT2D eigenvalue weighted by molar-refractivity contribution is 0.248. The van der Waals surface area contributed by atoms with Crippen molar-refractivity contribution in [2.75, 3.05) is 20.1 Å². The van der Waals surface area contributed by atoms with E-state index in [2.05, 4.69) is 32.6 Å². The molecular formula is C12H18BrClN2O2S. The van der Waals surface area contributed by atoms with Crippen LogP contribution in [-0.4, -0.2) is 39.5 Å². The standard InChI is InChI=1S/C12H17BrN2O2S.ClH/c1-15-7-5-11(6-8-15)14-18(16,17)12-4-2-3-10(13)9-12;/h2-4,9,11,14H,5-8H2,1H3;1H. The second kappa shape index (κ2) is 7.04. The van der Waals surface area contributed by atoms with Gasteiger partial charge in [0.2, 0.25) is 10.0 Å². The monoisotopic (exact) mass is 368 g/mol. The summed E-state index contributed by atoms with van der Waals surface area (Å²) in [5.41, 5.74) is 0. The van der Waals surface area contributed by atoms with Crippen molar-refractivity contribution in [1.82, 2.24) is 9.62 Å². The highest BCUT2D eigenvalue weighted by atomic mass is 79.9. The molecule has 0 spiro atoms. The first-order chi connectivity index (χ1) is 8.47. The molecule has 1 fully saturated rings. The summed E-state index contributed by atoms with van der Waals surface area (Å²) in [5.74, 6) is 0. The zero-order valence-electron chi connectivity index (χ0n) is 10.7. The van der Waals surface area contributed by atoms with Crippen LogP contribution in [0.4, 0.5) is 0 Å². The molecule has 108 valence electrons. The van der Waals surface area contributed by atoms with Gasteiger partial charge in [-0.1, -0.05) is 22.0 Å². The molecule has 4 nitrogen and oxygen atoms in total. The second-order valence-corrected chi connectivity index (χ2v) is 7.29. The summed E-state index contributed by atoms with van der Waals surface area (Å²) in [6.45, 7) is 1.87. The molecule has 1 aromatic rings. The first kappa shape index (κ1) is 16.9. The number of nitrogens with zero attached hydrogens (tertiary/aromatic N) is 1. The van der Waals surface area contributed by atoms with Crippen LogP contribution in [-0.2, 0) is 10.0 Å². The van der Waals surface area contributed by atoms with E-state index in [4.69, 9.17) is 0 Å². The molecule has 7 heteroatoms. The fourth-order valence-corrected chi connectivity index (χ4v) is 3.95. The summed E-state index contributed by atoms with van der Waals surface area (Å²) in [5, 5.41) is 0. The summed E-state index contributed by atoms with van der Waals surface area (Å²) in [6.07, 6.45) is 1.73. The van der Waals surface area contributed by atoms with Crippen molar-refractivity contribution in [1.29, 1.82) is 0 Å². The molecule has 1 aliphatic rings. The number of hydrogen-bond donors (Lipinski definition) is 1. The quantitative estimate of drug-likeness (QED) is 0.889. The Morgan fingerprint density at radius 2 is 1.95 bits per heavy atom. The highest BCUT2D eigenvalue weighted by Gasteiger charge is 2.23. The zero-order valence-corrected chi connectivity index (χ0v) is 13.9. The number of halogens is 2. The van der Waals surface area contributed by atoms with Crippen LogP contribution in [0, 0.1) is 0 Å². The molecule has 2 rings (SSSR count). The Morgan fingerprint density at radius 3 is 2.53 bits per heavy atom. The Labute approximate surface area is 129 Å². The number of nitrogens with one attached hydrogen (secondary N) is 1. The van der Waals surface area contributed by atoms with Gasteiger partial charge in [0, 0.05) is 10.5 Å². The van der Waals surface area contributed by atoms with E-state index in [0.717, 1.165) is 30.4 Å². The van der Waals surface area contributed by atoms with E-state index >= 15 is 0 Å². The molecule has 1 aliphatic heterocycles. The van der Waals surface area contributed by atoms with Crippen molar-refractivity contribution in [3.05, 3.63) is 28.7 Å². The molecule has 0 unspecified atom stereocenters. The van der Waals surface area contributed by atoms with Gasteiger partial charge in [0.25, 0.3) is 0 Å². The van der Waals surface area contributed by atoms with Gasteiger partial charge in [-0.15, -0.1) is 12.4 Å². The first-order valence-corrected chi connectivity index (χ1v) is 8.21. The van der Waals surface area contributed by atoms with Gasteiger partial charge in [0.1, 0.15) is 0 Å². The van der Waals surface area contributed by atoms with Gasteiger partial charge < -0.3 is 4.90 Å². The van der Waals surface area contributed by atoms with Crippen LogP contribution in [0.15, 0.2) is 33.6 Å². The van der Waals surface area contributed by atoms with Crippen molar-refractivity contribution in [3.63, 3.8) is 0 Å². The summed E-state index contributed by atoms with van der Waals surface area (Å²) >= 11 is 3.29. The minimum absolute atomic E-state index is 0. The molecule has 1 saturated heterocycles. The topological polar surface area (TPSA) is 49.4 Å². The number of hydrogen-bond acceptors (Lipinski definition) is 3. The van der Waals surface area contributed by atoms with Crippen molar-refractivity contribution < 1.29 is 8.42 Å². The van der Waals surface area contributed by atoms with Crippen LogP contribution >= 0.6 is 28.3 Å². The maximum Gasteiger partial charge on any atom is 0.240 e. The average Bonchev–Trinajstić information content (AvgIpc) is 2.32. The smallest absolute Gasteiger partial charge is 0.240 e. The zero-order chi connectivity index (χ0) is 13.2. The van der Waals surface area contributed by atoms with E-state index in [1.54, 1.807) is 18.2 Å². The Hall–Kier alpha value is -0.140. The largest absolute Gasteiger partial charge is 0.306 e. The van der Waals surface area contributed by atoms with Crippen molar-refractivity contribution in [2.45, 2.75) is 23.8 Å². The van der Waals surface area contributed by atoms with Gasteiger partial charge in [0.15, 0.2) is 0 Å². The Kier molecular flexibility index (Phi) is 6.26. The Balaban J connectivity index is 0.00000180. The number of piperidine rings is 1. The van der Waals surface area contributed by atoms with E-state index in [1.807, 2.05) is 6.07 Å². The SMILES string of the molecule is CN1CCC(NS(=O)(=O)c2cccc(Br)c2)CC1.Cl. The van der Waals surface area contributed by atoms with Gasteiger partial charge >= 0.3 is 0 Å². The number of likely N-dealkylation sites (tertiary alicyclic amines) is 1. The maximum absolute atomic E-state index is 12.2. The highest BCUT2D eigenvalue weighted by molar-refractivity contribution is 9.10. The molecule has 0 bridgehead atoms. The van der Waals surface area contributed by atoms with E-state index < -0.39 is 10.0 Å². The van der Waals surface area contributed by atoms with Gasteiger partial charge in [-0.25, -0.2) is 13.1 Å². The number of sulfonamides is 1. The molecule has 0 aromatic heterocycles. The number of benzene rings is 1. The molecule has 0 radical (unpaired) electrons. The lowest BCUT2D eigenvalue weighted by Gasteiger charge is -2.29. The molecule has 1 heterocycles. The molecule has 1 aromatic carbocycles. The molecule has 0 atom stereocenters. The van der Waals surface area contributed by atoms with Crippen molar-refractivity contribution >= 4 is 38.4 Å². The average molecular weight is 370 g/mol. The minimum Gasteiger partial charge on any atom is -0.306 e. The third-order valence-corrected chi connectivity index (χ3v) is 5.16. The van der Waals surface area contributed by atoms with Crippen molar-refractivity contribution in [2.24, 2.45) is 0 Å². The third-order valence-electron chi connectivity index (χ3n) is 3.15. The lowest BCUT2D eigenvalue weighted by Crippen LogP contribution is -2.43. The van der Waals surface area contributed by atoms with Gasteiger partial charge in [-0.05, 0) is 51.2 Å². The Morgan fingerprint density at radius 1 is 1.32 bits per heavy atom.